The van der Waals surface area contributed by atoms with E-state index in [-0.39, 0.29) is 28.2 Å². The number of urea groups is 1. The third-order valence-electron chi connectivity index (χ3n) is 3.37. The Morgan fingerprint density at radius 2 is 1.81 bits per heavy atom. The molecule has 3 N–H and O–H groups in total. The predicted octanol–water partition coefficient (Wildman–Crippen LogP) is 2.76. The van der Waals surface area contributed by atoms with Gasteiger partial charge in [0, 0.05) is 0 Å². The van der Waals surface area contributed by atoms with Crippen molar-refractivity contribution in [1.82, 2.24) is 5.32 Å². The Balaban J connectivity index is 3.06. The van der Waals surface area contributed by atoms with E-state index in [9.17, 15) is 14.4 Å². The number of carbonyl (C=O) groups excluding carboxylic acids is 3. The van der Waals surface area contributed by atoms with Gasteiger partial charge >= 0.3 is 12.0 Å². The van der Waals surface area contributed by atoms with Gasteiger partial charge in [-0.25, -0.2) is 9.59 Å². The van der Waals surface area contributed by atoms with Crippen LogP contribution in [0.2, 0.25) is 5.02 Å². The van der Waals surface area contributed by atoms with E-state index in [0.29, 0.717) is 12.4 Å². The fourth-order valence-electron chi connectivity index (χ4n) is 2.10. The Kier molecular flexibility index (Phi) is 8.36. The van der Waals surface area contributed by atoms with Crippen molar-refractivity contribution in [3.63, 3.8) is 0 Å². The number of methoxy groups -OCH3 is 1. The van der Waals surface area contributed by atoms with Crippen LogP contribution in [0.3, 0.4) is 0 Å². The third-order valence-corrected chi connectivity index (χ3v) is 3.65. The monoisotopic (exact) mass is 400 g/mol. The van der Waals surface area contributed by atoms with Crippen LogP contribution < -0.4 is 20.5 Å². The number of imide groups is 1. The number of halogens is 1. The number of esters is 1. The van der Waals surface area contributed by atoms with Crippen LogP contribution in [0.15, 0.2) is 12.1 Å². The molecule has 0 spiro atoms. The number of benzene rings is 1. The fraction of sp³-hybridized carbons (Fsp3) is 0.500. The zero-order valence-corrected chi connectivity index (χ0v) is 16.8. The maximum Gasteiger partial charge on any atom is 0.339 e. The minimum Gasteiger partial charge on any atom is -0.493 e. The van der Waals surface area contributed by atoms with Crippen LogP contribution in [0.4, 0.5) is 4.79 Å². The molecule has 0 aliphatic heterocycles. The lowest BCUT2D eigenvalue weighted by atomic mass is 10.1. The molecule has 0 bridgehead atoms. The van der Waals surface area contributed by atoms with Gasteiger partial charge in [-0.05, 0) is 24.0 Å². The molecule has 9 heteroatoms. The van der Waals surface area contributed by atoms with Crippen LogP contribution in [0.1, 0.15) is 38.1 Å². The van der Waals surface area contributed by atoms with E-state index in [0.717, 1.165) is 0 Å². The molecule has 0 radical (unpaired) electrons. The molecule has 0 saturated heterocycles. The number of nitrogens with one attached hydrogen (secondary N) is 1. The summed E-state index contributed by atoms with van der Waals surface area (Å²) in [6, 6.07) is 1.75. The van der Waals surface area contributed by atoms with Crippen molar-refractivity contribution in [2.45, 2.75) is 33.8 Å². The van der Waals surface area contributed by atoms with Crippen LogP contribution in [0.25, 0.3) is 0 Å². The second-order valence-electron chi connectivity index (χ2n) is 6.62. The highest BCUT2D eigenvalue weighted by Crippen LogP contribution is 2.37. The number of rotatable bonds is 8. The number of amides is 3. The van der Waals surface area contributed by atoms with Crippen molar-refractivity contribution in [2.75, 3.05) is 13.7 Å². The molecule has 3 amide bonds. The number of carbonyl (C=O) groups is 3. The normalized spacial score (nSPS) is 11.9. The molecular weight excluding hydrogens is 376 g/mol. The molecule has 1 rings (SSSR count). The highest BCUT2D eigenvalue weighted by Gasteiger charge is 2.28. The van der Waals surface area contributed by atoms with E-state index >= 15 is 0 Å². The Morgan fingerprint density at radius 3 is 2.30 bits per heavy atom. The van der Waals surface area contributed by atoms with Crippen molar-refractivity contribution in [3.8, 4) is 11.5 Å². The van der Waals surface area contributed by atoms with Crippen molar-refractivity contribution in [3.05, 3.63) is 22.7 Å². The van der Waals surface area contributed by atoms with Gasteiger partial charge in [0.15, 0.2) is 17.6 Å². The number of ether oxygens (including phenoxy) is 3. The highest BCUT2D eigenvalue weighted by molar-refractivity contribution is 6.32. The second kappa shape index (κ2) is 10.0. The van der Waals surface area contributed by atoms with Crippen LogP contribution >= 0.6 is 11.6 Å². The van der Waals surface area contributed by atoms with Crippen molar-refractivity contribution in [1.29, 1.82) is 0 Å². The van der Waals surface area contributed by atoms with Gasteiger partial charge in [-0.3, -0.25) is 10.1 Å². The molecule has 0 saturated carbocycles. The molecule has 0 aromatic heterocycles. The minimum atomic E-state index is -1.20. The van der Waals surface area contributed by atoms with Crippen molar-refractivity contribution in [2.24, 2.45) is 17.6 Å². The molecule has 1 aromatic carbocycles. The summed E-state index contributed by atoms with van der Waals surface area (Å²) in [6.45, 7) is 7.71. The van der Waals surface area contributed by atoms with Gasteiger partial charge in [0.2, 0.25) is 0 Å². The van der Waals surface area contributed by atoms with Crippen LogP contribution in [-0.4, -0.2) is 37.7 Å². The minimum absolute atomic E-state index is 0.0753. The first-order valence-electron chi connectivity index (χ1n) is 8.38. The summed E-state index contributed by atoms with van der Waals surface area (Å²) in [4.78, 5) is 35.3. The Morgan fingerprint density at radius 1 is 1.19 bits per heavy atom. The first kappa shape index (κ1) is 22.6. The van der Waals surface area contributed by atoms with E-state index in [1.807, 2.05) is 19.2 Å². The molecule has 1 atom stereocenters. The smallest absolute Gasteiger partial charge is 0.339 e. The van der Waals surface area contributed by atoms with E-state index in [1.165, 1.54) is 19.2 Å². The molecule has 0 fully saturated rings. The van der Waals surface area contributed by atoms with E-state index < -0.39 is 24.0 Å². The lowest BCUT2D eigenvalue weighted by Crippen LogP contribution is -2.45. The number of hydrogen-bond donors (Lipinski definition) is 2. The van der Waals surface area contributed by atoms with Crippen molar-refractivity contribution >= 4 is 29.5 Å². The summed E-state index contributed by atoms with van der Waals surface area (Å²) in [5.74, 6) is -1.15. The highest BCUT2D eigenvalue weighted by atomic mass is 35.5. The standard InChI is InChI=1S/C18H25ClN2O6/c1-9(2)8-26-15-12(19)6-11(7-13(15)25-5)17(23)27-14(10(3)4)16(22)21-18(20)24/h6-7,9-10,14H,8H2,1-5H3,(H3,20,21,22,24). The summed E-state index contributed by atoms with van der Waals surface area (Å²) in [5, 5.41) is 2.07. The Hall–Kier alpha value is -2.48. The SMILES string of the molecule is COc1cc(C(=O)OC(C(=O)NC(N)=O)C(C)C)cc(Cl)c1OCC(C)C. The molecule has 1 unspecified atom stereocenters. The van der Waals surface area contributed by atoms with E-state index in [2.05, 4.69) is 0 Å². The average Bonchev–Trinajstić information content (AvgIpc) is 2.56. The maximum absolute atomic E-state index is 12.5. The van der Waals surface area contributed by atoms with Crippen LogP contribution in [-0.2, 0) is 9.53 Å². The summed E-state index contributed by atoms with van der Waals surface area (Å²) >= 11 is 6.22. The van der Waals surface area contributed by atoms with Crippen LogP contribution in [0, 0.1) is 11.8 Å². The largest absolute Gasteiger partial charge is 0.493 e. The number of hydrogen-bond acceptors (Lipinski definition) is 6. The molecule has 150 valence electrons. The summed E-state index contributed by atoms with van der Waals surface area (Å²) in [7, 11) is 1.42. The first-order chi connectivity index (χ1) is 12.6. The zero-order chi connectivity index (χ0) is 20.7. The number of primary amides is 1. The third kappa shape index (κ3) is 6.63. The molecule has 0 aliphatic rings. The van der Waals surface area contributed by atoms with Gasteiger partial charge in [0.05, 0.1) is 24.3 Å². The van der Waals surface area contributed by atoms with Gasteiger partial charge < -0.3 is 19.9 Å². The topological polar surface area (TPSA) is 117 Å². The Labute approximate surface area is 163 Å². The molecule has 1 aromatic rings. The van der Waals surface area contributed by atoms with Gasteiger partial charge in [-0.2, -0.15) is 0 Å². The van der Waals surface area contributed by atoms with Gasteiger partial charge in [0.25, 0.3) is 5.91 Å². The number of nitrogens with two attached hydrogens (primary N) is 1. The van der Waals surface area contributed by atoms with Gasteiger partial charge in [-0.15, -0.1) is 0 Å². The van der Waals surface area contributed by atoms with Gasteiger partial charge in [-0.1, -0.05) is 39.3 Å². The fourth-order valence-corrected chi connectivity index (χ4v) is 2.36. The summed E-state index contributed by atoms with van der Waals surface area (Å²) in [5.41, 5.74) is 5.01. The van der Waals surface area contributed by atoms with E-state index in [4.69, 9.17) is 31.5 Å². The maximum atomic E-state index is 12.5. The molecule has 8 nitrogen and oxygen atoms in total. The zero-order valence-electron chi connectivity index (χ0n) is 16.0. The lowest BCUT2D eigenvalue weighted by Gasteiger charge is -2.20. The molecule has 27 heavy (non-hydrogen) atoms. The van der Waals surface area contributed by atoms with E-state index in [1.54, 1.807) is 13.8 Å². The van der Waals surface area contributed by atoms with Gasteiger partial charge in [0.1, 0.15) is 0 Å². The molecule has 0 heterocycles. The molecular formula is C18H25ClN2O6. The van der Waals surface area contributed by atoms with Crippen molar-refractivity contribution < 1.29 is 28.6 Å². The summed E-state index contributed by atoms with van der Waals surface area (Å²) in [6.07, 6.45) is -1.20. The quantitative estimate of drug-likeness (QED) is 0.648. The molecule has 0 aliphatic carbocycles. The Bertz CT molecular complexity index is 705. The predicted molar refractivity (Wildman–Crippen MR) is 100 cm³/mol. The first-order valence-corrected chi connectivity index (χ1v) is 8.76. The second-order valence-corrected chi connectivity index (χ2v) is 7.02. The average molecular weight is 401 g/mol. The lowest BCUT2D eigenvalue weighted by molar-refractivity contribution is -0.130. The summed E-state index contributed by atoms with van der Waals surface area (Å²) < 4.78 is 16.1. The van der Waals surface area contributed by atoms with Crippen LogP contribution in [0.5, 0.6) is 11.5 Å².